The quantitative estimate of drug-likeness (QED) is 0.243. The van der Waals surface area contributed by atoms with Gasteiger partial charge in [-0.05, 0) is 38.8 Å². The van der Waals surface area contributed by atoms with Crippen molar-refractivity contribution in [2.45, 2.75) is 66.0 Å². The fourth-order valence-electron chi connectivity index (χ4n) is 4.68. The van der Waals surface area contributed by atoms with E-state index >= 15 is 0 Å². The number of nitrogen functional groups attached to an aromatic ring is 1. The third-order valence-corrected chi connectivity index (χ3v) is 8.85. The van der Waals surface area contributed by atoms with Gasteiger partial charge in [0.2, 0.25) is 5.95 Å². The van der Waals surface area contributed by atoms with Crippen molar-refractivity contribution < 1.29 is 27.9 Å². The highest BCUT2D eigenvalue weighted by Gasteiger charge is 2.50. The maximum atomic E-state index is 14.0. The van der Waals surface area contributed by atoms with Gasteiger partial charge in [-0.3, -0.25) is 13.9 Å². The number of ether oxygens (including phenoxy) is 2. The molecule has 1 aliphatic heterocycles. The molecule has 224 valence electrons. The second kappa shape index (κ2) is 11.9. The average Bonchev–Trinajstić information content (AvgIpc) is 3.40. The molecule has 0 radical (unpaired) electrons. The van der Waals surface area contributed by atoms with Crippen molar-refractivity contribution in [1.29, 1.82) is 0 Å². The first-order chi connectivity index (χ1) is 19.2. The van der Waals surface area contributed by atoms with Gasteiger partial charge in [0.15, 0.2) is 17.0 Å². The lowest BCUT2D eigenvalue weighted by molar-refractivity contribution is -0.149. The van der Waals surface area contributed by atoms with Gasteiger partial charge >= 0.3 is 13.7 Å². The van der Waals surface area contributed by atoms with E-state index in [2.05, 4.69) is 33.9 Å². The van der Waals surface area contributed by atoms with Crippen molar-refractivity contribution in [3.8, 4) is 5.75 Å². The van der Waals surface area contributed by atoms with Crippen LogP contribution in [0.3, 0.4) is 0 Å². The van der Waals surface area contributed by atoms with Crippen LogP contribution in [0.2, 0.25) is 0 Å². The number of aromatic nitrogens is 4. The number of nitrogens with two attached hydrogens (primary N) is 1. The SMILES string of the molecule is CC(C)OC(=O)[C@H](C)N[P@](=O)(OC[C@H]1O[C@@H](n2cnc3c(N(C)C)nc(N)nc32)C(C)(C)[C@@H]1C)Oc1ccccc1. The number of imidazole rings is 1. The molecule has 1 fully saturated rings. The van der Waals surface area contributed by atoms with Crippen LogP contribution < -0.4 is 20.2 Å². The standard InChI is InChI=1S/C27H40N7O6P/c1-16(2)38-24(35)18(4)32-41(36,40-19-12-10-9-11-13-19)37-14-20-17(3)27(5,6)25(39-20)34-15-29-21-22(33(7)8)30-26(28)31-23(21)34/h9-13,15-18,20,25H,14H2,1-8H3,(H,32,36)(H2,28,30,31)/t17-,18+,20-,25-,41+/m1/s1. The number of benzene rings is 1. The normalized spacial score (nSPS) is 22.4. The van der Waals surface area contributed by atoms with Crippen molar-refractivity contribution in [3.63, 3.8) is 0 Å². The van der Waals surface area contributed by atoms with E-state index in [0.29, 0.717) is 22.7 Å². The molecule has 3 aromatic rings. The summed E-state index contributed by atoms with van der Waals surface area (Å²) in [4.78, 5) is 27.6. The molecule has 1 aromatic carbocycles. The molecule has 1 saturated heterocycles. The highest BCUT2D eigenvalue weighted by atomic mass is 31.2. The maximum absolute atomic E-state index is 14.0. The number of carbonyl (C=O) groups is 1. The van der Waals surface area contributed by atoms with Gasteiger partial charge in [0.1, 0.15) is 18.0 Å². The van der Waals surface area contributed by atoms with Crippen molar-refractivity contribution in [2.24, 2.45) is 11.3 Å². The number of nitrogens with zero attached hydrogens (tertiary/aromatic N) is 5. The molecule has 41 heavy (non-hydrogen) atoms. The first-order valence-corrected chi connectivity index (χ1v) is 15.1. The van der Waals surface area contributed by atoms with Crippen LogP contribution in [0.1, 0.15) is 47.8 Å². The molecule has 3 N–H and O–H groups in total. The van der Waals surface area contributed by atoms with E-state index in [1.807, 2.05) is 36.6 Å². The molecular formula is C27H40N7O6P. The number of fused-ring (bicyclic) bond motifs is 1. The Bertz CT molecular complexity index is 1410. The monoisotopic (exact) mass is 589 g/mol. The molecule has 2 aromatic heterocycles. The van der Waals surface area contributed by atoms with E-state index in [4.69, 9.17) is 24.3 Å². The summed E-state index contributed by atoms with van der Waals surface area (Å²) in [5.41, 5.74) is 6.76. The van der Waals surface area contributed by atoms with Crippen LogP contribution in [0.25, 0.3) is 11.2 Å². The van der Waals surface area contributed by atoms with Crippen molar-refractivity contribution in [1.82, 2.24) is 24.6 Å². The highest BCUT2D eigenvalue weighted by molar-refractivity contribution is 7.52. The van der Waals surface area contributed by atoms with E-state index < -0.39 is 37.5 Å². The molecule has 13 nitrogen and oxygen atoms in total. The lowest BCUT2D eigenvalue weighted by Gasteiger charge is -2.30. The van der Waals surface area contributed by atoms with Crippen LogP contribution in [-0.2, 0) is 23.4 Å². The summed E-state index contributed by atoms with van der Waals surface area (Å²) in [7, 11) is -0.331. The van der Waals surface area contributed by atoms with E-state index in [0.717, 1.165) is 0 Å². The minimum absolute atomic E-state index is 0.0500. The predicted octanol–water partition coefficient (Wildman–Crippen LogP) is 4.17. The second-order valence-corrected chi connectivity index (χ2v) is 13.0. The molecule has 0 bridgehead atoms. The summed E-state index contributed by atoms with van der Waals surface area (Å²) >= 11 is 0. The third kappa shape index (κ3) is 6.64. The van der Waals surface area contributed by atoms with Crippen LogP contribution in [0.15, 0.2) is 36.7 Å². The maximum Gasteiger partial charge on any atom is 0.459 e. The number of hydrogen-bond acceptors (Lipinski definition) is 11. The predicted molar refractivity (Wildman–Crippen MR) is 155 cm³/mol. The number of rotatable bonds is 11. The third-order valence-electron chi connectivity index (χ3n) is 7.20. The van der Waals surface area contributed by atoms with Gasteiger partial charge in [0, 0.05) is 19.5 Å². The van der Waals surface area contributed by atoms with Crippen LogP contribution in [-0.4, -0.2) is 64.4 Å². The Balaban J connectivity index is 1.57. The van der Waals surface area contributed by atoms with Gasteiger partial charge in [0.05, 0.1) is 25.1 Å². The Hall–Kier alpha value is -3.25. The number of esters is 1. The molecule has 0 saturated carbocycles. The Morgan fingerprint density at radius 3 is 2.54 bits per heavy atom. The van der Waals surface area contributed by atoms with Crippen molar-refractivity contribution in [2.75, 3.05) is 31.3 Å². The van der Waals surface area contributed by atoms with Gasteiger partial charge < -0.3 is 24.6 Å². The van der Waals surface area contributed by atoms with Crippen molar-refractivity contribution >= 4 is 36.6 Å². The smallest absolute Gasteiger partial charge is 0.459 e. The molecule has 1 aliphatic rings. The van der Waals surface area contributed by atoms with Gasteiger partial charge in [-0.15, -0.1) is 0 Å². The molecule has 14 heteroatoms. The first kappa shape index (κ1) is 30.7. The Kier molecular flexibility index (Phi) is 8.93. The van der Waals surface area contributed by atoms with Gasteiger partial charge in [-0.1, -0.05) is 39.0 Å². The molecule has 3 heterocycles. The Morgan fingerprint density at radius 2 is 1.90 bits per heavy atom. The van der Waals surface area contributed by atoms with Gasteiger partial charge in [-0.2, -0.15) is 15.1 Å². The van der Waals surface area contributed by atoms with Crippen molar-refractivity contribution in [3.05, 3.63) is 36.7 Å². The van der Waals surface area contributed by atoms with E-state index in [1.165, 1.54) is 0 Å². The summed E-state index contributed by atoms with van der Waals surface area (Å²) in [5, 5.41) is 2.72. The Morgan fingerprint density at radius 1 is 1.22 bits per heavy atom. The largest absolute Gasteiger partial charge is 0.462 e. The minimum atomic E-state index is -4.05. The number of para-hydroxylation sites is 1. The molecular weight excluding hydrogens is 549 g/mol. The Labute approximate surface area is 240 Å². The number of hydrogen-bond donors (Lipinski definition) is 2. The number of anilines is 2. The van der Waals surface area contributed by atoms with Gasteiger partial charge in [0.25, 0.3) is 0 Å². The van der Waals surface area contributed by atoms with Crippen LogP contribution in [0, 0.1) is 11.3 Å². The number of carbonyl (C=O) groups excluding carboxylic acids is 1. The molecule has 0 amide bonds. The molecule has 4 rings (SSSR count). The van der Waals surface area contributed by atoms with E-state index in [9.17, 15) is 9.36 Å². The zero-order valence-corrected chi connectivity index (χ0v) is 25.7. The van der Waals surface area contributed by atoms with Crippen LogP contribution in [0.4, 0.5) is 11.8 Å². The fourth-order valence-corrected chi connectivity index (χ4v) is 6.18. The van der Waals surface area contributed by atoms with Crippen LogP contribution >= 0.6 is 7.75 Å². The zero-order chi connectivity index (χ0) is 30.1. The minimum Gasteiger partial charge on any atom is -0.462 e. The van der Waals surface area contributed by atoms with Gasteiger partial charge in [-0.25, -0.2) is 9.55 Å². The summed E-state index contributed by atoms with van der Waals surface area (Å²) in [5.74, 6) is 0.431. The lowest BCUT2D eigenvalue weighted by atomic mass is 9.78. The average molecular weight is 590 g/mol. The van der Waals surface area contributed by atoms with E-state index in [-0.39, 0.29) is 24.6 Å². The molecule has 0 spiro atoms. The highest BCUT2D eigenvalue weighted by Crippen LogP contribution is 2.52. The molecule has 5 atom stereocenters. The summed E-state index contributed by atoms with van der Waals surface area (Å²) in [6.07, 6.45) is 0.374. The van der Waals surface area contributed by atoms with Crippen LogP contribution in [0.5, 0.6) is 5.75 Å². The lowest BCUT2D eigenvalue weighted by Crippen LogP contribution is -2.37. The topological polar surface area (TPSA) is 156 Å². The molecule has 0 unspecified atom stereocenters. The first-order valence-electron chi connectivity index (χ1n) is 13.5. The van der Waals surface area contributed by atoms with E-state index in [1.54, 1.807) is 51.4 Å². The zero-order valence-electron chi connectivity index (χ0n) is 24.8. The summed E-state index contributed by atoms with van der Waals surface area (Å²) < 4.78 is 39.3. The second-order valence-electron chi connectivity index (χ2n) is 11.3. The number of nitrogens with one attached hydrogen (secondary N) is 1. The summed E-state index contributed by atoms with van der Waals surface area (Å²) in [6, 6.07) is 7.67. The summed E-state index contributed by atoms with van der Waals surface area (Å²) in [6.45, 7) is 11.1. The molecule has 0 aliphatic carbocycles. The fraction of sp³-hybridized carbons (Fsp3) is 0.556.